The first-order chi connectivity index (χ1) is 4.30. The van der Waals surface area contributed by atoms with Crippen molar-refractivity contribution in [1.82, 2.24) is 0 Å². The quantitative estimate of drug-likeness (QED) is 0.431. The van der Waals surface area contributed by atoms with Crippen molar-refractivity contribution in [2.75, 3.05) is 0 Å². The topological polar surface area (TPSA) is 0 Å². The minimum absolute atomic E-state index is 1.09. The molecule has 0 bridgehead atoms. The van der Waals surface area contributed by atoms with Crippen LogP contribution in [0, 0.1) is 11.8 Å². The van der Waals surface area contributed by atoms with Gasteiger partial charge < -0.3 is 0 Å². The Kier molecular flexibility index (Phi) is 1.95. The van der Waals surface area contributed by atoms with E-state index in [9.17, 15) is 0 Å². The van der Waals surface area contributed by atoms with Crippen molar-refractivity contribution in [3.8, 4) is 11.8 Å². The summed E-state index contributed by atoms with van der Waals surface area (Å²) in [5, 5.41) is 0. The van der Waals surface area contributed by atoms with E-state index >= 15 is 0 Å². The highest BCUT2D eigenvalue weighted by Gasteiger charge is 1.98. The van der Waals surface area contributed by atoms with Crippen LogP contribution in [0.2, 0.25) is 0 Å². The zero-order chi connectivity index (χ0) is 6.69. The van der Waals surface area contributed by atoms with Gasteiger partial charge in [-0.3, -0.25) is 0 Å². The Morgan fingerprint density at radius 2 is 2.22 bits per heavy atom. The predicted octanol–water partition coefficient (Wildman–Crippen LogP) is 2.51. The molecule has 0 heterocycles. The summed E-state index contributed by atoms with van der Waals surface area (Å²) in [6, 6.07) is 0. The lowest BCUT2D eigenvalue weighted by Gasteiger charge is -2.03. The molecule has 0 saturated heterocycles. The zero-order valence-electron chi connectivity index (χ0n) is 6.12. The summed E-state index contributed by atoms with van der Waals surface area (Å²) in [5.41, 5.74) is 2.75. The average molecular weight is 120 g/mol. The summed E-state index contributed by atoms with van der Waals surface area (Å²) in [5.74, 6) is 6.26. The highest BCUT2D eigenvalue weighted by atomic mass is 14.0. The third kappa shape index (κ3) is 1.61. The Balaban J connectivity index is 2.79. The molecule has 0 saturated carbocycles. The van der Waals surface area contributed by atoms with Gasteiger partial charge in [-0.05, 0) is 26.7 Å². The Hall–Kier alpha value is -0.700. The van der Waals surface area contributed by atoms with E-state index in [4.69, 9.17) is 0 Å². The highest BCUT2D eigenvalue weighted by Crippen LogP contribution is 2.14. The summed E-state index contributed by atoms with van der Waals surface area (Å²) in [6.07, 6.45) is 3.56. The summed E-state index contributed by atoms with van der Waals surface area (Å²) >= 11 is 0. The minimum atomic E-state index is 1.09. The van der Waals surface area contributed by atoms with Gasteiger partial charge in [0.15, 0.2) is 0 Å². The highest BCUT2D eigenvalue weighted by molar-refractivity contribution is 5.34. The maximum Gasteiger partial charge on any atom is 0.00957 e. The Bertz CT molecular complexity index is 182. The second-order valence-electron chi connectivity index (χ2n) is 2.63. The van der Waals surface area contributed by atoms with E-state index in [1.54, 1.807) is 0 Å². The molecule has 0 atom stereocenters. The van der Waals surface area contributed by atoms with Crippen molar-refractivity contribution in [1.29, 1.82) is 0 Å². The molecule has 0 fully saturated rings. The van der Waals surface area contributed by atoms with Gasteiger partial charge in [-0.15, -0.1) is 0 Å². The fourth-order valence-corrected chi connectivity index (χ4v) is 0.960. The lowest BCUT2D eigenvalue weighted by molar-refractivity contribution is 0.841. The molecule has 0 heteroatoms. The molecular weight excluding hydrogens is 108 g/mol. The van der Waals surface area contributed by atoms with Gasteiger partial charge in [0.1, 0.15) is 0 Å². The molecule has 0 radical (unpaired) electrons. The largest absolute Gasteiger partial charge is 0.0982 e. The summed E-state index contributed by atoms with van der Waals surface area (Å²) in [6.45, 7) is 4.27. The molecule has 9 heavy (non-hydrogen) atoms. The molecule has 0 aromatic rings. The van der Waals surface area contributed by atoms with Crippen LogP contribution in [0.5, 0.6) is 0 Å². The maximum atomic E-state index is 3.15. The first kappa shape index (κ1) is 6.42. The standard InChI is InChI=1S/C9H12/c1-8(2)9-6-4-3-5-7-9/h3-4,6H2,1-2H3. The predicted molar refractivity (Wildman–Crippen MR) is 40.0 cm³/mol. The van der Waals surface area contributed by atoms with E-state index in [1.165, 1.54) is 24.0 Å². The number of allylic oxidation sites excluding steroid dienone is 2. The molecule has 0 spiro atoms. The van der Waals surface area contributed by atoms with Crippen LogP contribution in [0.25, 0.3) is 0 Å². The van der Waals surface area contributed by atoms with E-state index in [2.05, 4.69) is 25.7 Å². The normalized spacial score (nSPS) is 16.4. The van der Waals surface area contributed by atoms with Crippen LogP contribution in [-0.4, -0.2) is 0 Å². The van der Waals surface area contributed by atoms with Crippen molar-refractivity contribution in [3.05, 3.63) is 11.1 Å². The molecule has 1 aliphatic carbocycles. The Morgan fingerprint density at radius 1 is 1.44 bits per heavy atom. The third-order valence-electron chi connectivity index (χ3n) is 1.57. The van der Waals surface area contributed by atoms with E-state index in [0.717, 1.165) is 6.42 Å². The van der Waals surface area contributed by atoms with Crippen LogP contribution >= 0.6 is 0 Å². The zero-order valence-corrected chi connectivity index (χ0v) is 6.12. The summed E-state index contributed by atoms with van der Waals surface area (Å²) in [7, 11) is 0. The van der Waals surface area contributed by atoms with Crippen LogP contribution in [0.1, 0.15) is 33.1 Å². The van der Waals surface area contributed by atoms with Gasteiger partial charge in [-0.25, -0.2) is 0 Å². The smallest absolute Gasteiger partial charge is 0.00957 e. The molecule has 0 N–H and O–H groups in total. The monoisotopic (exact) mass is 120 g/mol. The van der Waals surface area contributed by atoms with Gasteiger partial charge in [0, 0.05) is 12.0 Å². The molecule has 0 amide bonds. The van der Waals surface area contributed by atoms with E-state index in [1.807, 2.05) is 0 Å². The average Bonchev–Trinajstić information content (AvgIpc) is 1.90. The van der Waals surface area contributed by atoms with Crippen LogP contribution < -0.4 is 0 Å². The molecule has 0 aromatic carbocycles. The molecule has 0 nitrogen and oxygen atoms in total. The van der Waals surface area contributed by atoms with Crippen LogP contribution in [0.3, 0.4) is 0 Å². The third-order valence-corrected chi connectivity index (χ3v) is 1.57. The van der Waals surface area contributed by atoms with E-state index < -0.39 is 0 Å². The van der Waals surface area contributed by atoms with Crippen molar-refractivity contribution in [2.24, 2.45) is 0 Å². The molecule has 1 rings (SSSR count). The van der Waals surface area contributed by atoms with Gasteiger partial charge in [0.05, 0.1) is 0 Å². The molecule has 0 aromatic heterocycles. The first-order valence-corrected chi connectivity index (χ1v) is 3.46. The lowest BCUT2D eigenvalue weighted by atomic mass is 10.0. The molecular formula is C9H12. The summed E-state index contributed by atoms with van der Waals surface area (Å²) in [4.78, 5) is 0. The van der Waals surface area contributed by atoms with Gasteiger partial charge in [0.25, 0.3) is 0 Å². The van der Waals surface area contributed by atoms with E-state index in [-0.39, 0.29) is 0 Å². The molecule has 1 aliphatic rings. The minimum Gasteiger partial charge on any atom is -0.0982 e. The summed E-state index contributed by atoms with van der Waals surface area (Å²) < 4.78 is 0. The number of rotatable bonds is 0. The number of hydrogen-bond acceptors (Lipinski definition) is 0. The van der Waals surface area contributed by atoms with Crippen LogP contribution in [-0.2, 0) is 0 Å². The molecule has 0 aliphatic heterocycles. The van der Waals surface area contributed by atoms with Crippen molar-refractivity contribution in [3.63, 3.8) is 0 Å². The SMILES string of the molecule is CC(C)=C1C#CCCC1. The van der Waals surface area contributed by atoms with Crippen molar-refractivity contribution >= 4 is 0 Å². The van der Waals surface area contributed by atoms with Gasteiger partial charge in [-0.1, -0.05) is 17.4 Å². The lowest BCUT2D eigenvalue weighted by Crippen LogP contribution is -1.88. The van der Waals surface area contributed by atoms with Crippen LogP contribution in [0.15, 0.2) is 11.1 Å². The maximum absolute atomic E-state index is 3.15. The Labute approximate surface area is 57.0 Å². The fourth-order valence-electron chi connectivity index (χ4n) is 0.960. The van der Waals surface area contributed by atoms with Crippen LogP contribution in [0.4, 0.5) is 0 Å². The second kappa shape index (κ2) is 2.73. The van der Waals surface area contributed by atoms with Gasteiger partial charge in [-0.2, -0.15) is 0 Å². The molecule has 0 unspecified atom stereocenters. The molecule has 48 valence electrons. The second-order valence-corrected chi connectivity index (χ2v) is 2.63. The number of hydrogen-bond donors (Lipinski definition) is 0. The van der Waals surface area contributed by atoms with E-state index in [0.29, 0.717) is 0 Å². The van der Waals surface area contributed by atoms with Gasteiger partial charge >= 0.3 is 0 Å². The van der Waals surface area contributed by atoms with Gasteiger partial charge in [0.2, 0.25) is 0 Å². The van der Waals surface area contributed by atoms with Crippen molar-refractivity contribution < 1.29 is 0 Å². The first-order valence-electron chi connectivity index (χ1n) is 3.46. The fraction of sp³-hybridized carbons (Fsp3) is 0.556. The van der Waals surface area contributed by atoms with Crippen molar-refractivity contribution in [2.45, 2.75) is 33.1 Å². The Morgan fingerprint density at radius 3 is 2.56 bits per heavy atom.